The van der Waals surface area contributed by atoms with Crippen LogP contribution in [0.25, 0.3) is 0 Å². The molecule has 0 bridgehead atoms. The van der Waals surface area contributed by atoms with Crippen molar-refractivity contribution in [3.8, 4) is 0 Å². The predicted molar refractivity (Wildman–Crippen MR) is 84.2 cm³/mol. The maximum atomic E-state index is 5.98. The Hall–Kier alpha value is -0.690. The van der Waals surface area contributed by atoms with Crippen LogP contribution in [0.3, 0.4) is 0 Å². The Kier molecular flexibility index (Phi) is 4.78. The van der Waals surface area contributed by atoms with E-state index in [1.54, 1.807) is 12.3 Å². The Morgan fingerprint density at radius 2 is 2.00 bits per heavy atom. The number of nitrogens with two attached hydrogens (primary N) is 1. The Morgan fingerprint density at radius 1 is 1.26 bits per heavy atom. The van der Waals surface area contributed by atoms with Crippen molar-refractivity contribution in [2.45, 2.75) is 6.04 Å². The lowest BCUT2D eigenvalue weighted by Crippen LogP contribution is -2.21. The average Bonchev–Trinajstić information content (AvgIpc) is 2.36. The van der Waals surface area contributed by atoms with E-state index in [4.69, 9.17) is 17.3 Å². The Labute approximate surface area is 133 Å². The molecule has 0 aromatic carbocycles. The predicted octanol–water partition coefficient (Wildman–Crippen LogP) is 3.55. The van der Waals surface area contributed by atoms with Crippen molar-refractivity contribution < 1.29 is 0 Å². The van der Waals surface area contributed by atoms with Crippen LogP contribution in [0.4, 0.5) is 5.82 Å². The Balaban J connectivity index is 2.52. The first-order chi connectivity index (χ1) is 9.02. The van der Waals surface area contributed by atoms with Gasteiger partial charge in [0.1, 0.15) is 5.82 Å². The number of halogens is 3. The molecule has 4 nitrogen and oxygen atoms in total. The third kappa shape index (κ3) is 3.25. The smallest absolute Gasteiger partial charge is 0.128 e. The molecule has 0 saturated carbocycles. The van der Waals surface area contributed by atoms with Crippen molar-refractivity contribution in [2.24, 2.45) is 0 Å². The first kappa shape index (κ1) is 14.7. The van der Waals surface area contributed by atoms with Crippen LogP contribution in [0.15, 0.2) is 33.5 Å². The van der Waals surface area contributed by atoms with Gasteiger partial charge in [-0.05, 0) is 51.0 Å². The standard InChI is InChI=1S/C12H11Br2ClN4/c1-17-10(8-3-7(15)5-19-12(8)16)11-9(14)2-6(13)4-18-11/h2-5,10,17H,1H3,(H2,16,19). The second-order valence-corrected chi connectivity index (χ2v) is 6.08. The molecule has 0 aliphatic heterocycles. The molecule has 0 fully saturated rings. The summed E-state index contributed by atoms with van der Waals surface area (Å²) in [5.41, 5.74) is 7.54. The fourth-order valence-electron chi connectivity index (χ4n) is 1.77. The van der Waals surface area contributed by atoms with Gasteiger partial charge >= 0.3 is 0 Å². The van der Waals surface area contributed by atoms with Crippen LogP contribution < -0.4 is 11.1 Å². The van der Waals surface area contributed by atoms with Crippen molar-refractivity contribution in [1.29, 1.82) is 0 Å². The summed E-state index contributed by atoms with van der Waals surface area (Å²) in [4.78, 5) is 8.49. The van der Waals surface area contributed by atoms with Gasteiger partial charge in [0.05, 0.1) is 16.8 Å². The number of nitrogen functional groups attached to an aromatic ring is 1. The van der Waals surface area contributed by atoms with Crippen LogP contribution in [0.1, 0.15) is 17.3 Å². The summed E-state index contributed by atoms with van der Waals surface area (Å²) in [5, 5.41) is 3.72. The highest BCUT2D eigenvalue weighted by molar-refractivity contribution is 9.11. The van der Waals surface area contributed by atoms with Gasteiger partial charge in [0.2, 0.25) is 0 Å². The molecule has 19 heavy (non-hydrogen) atoms. The molecule has 1 atom stereocenters. The number of pyridine rings is 2. The highest BCUT2D eigenvalue weighted by Gasteiger charge is 2.20. The minimum Gasteiger partial charge on any atom is -0.383 e. The molecule has 0 aliphatic rings. The van der Waals surface area contributed by atoms with E-state index in [0.29, 0.717) is 10.8 Å². The summed E-state index contributed by atoms with van der Waals surface area (Å²) < 4.78 is 1.77. The topological polar surface area (TPSA) is 63.8 Å². The lowest BCUT2D eigenvalue weighted by atomic mass is 10.0. The number of hydrogen-bond donors (Lipinski definition) is 2. The van der Waals surface area contributed by atoms with Crippen LogP contribution in [0.5, 0.6) is 0 Å². The highest BCUT2D eigenvalue weighted by Crippen LogP contribution is 2.31. The average molecular weight is 407 g/mol. The van der Waals surface area contributed by atoms with E-state index in [1.807, 2.05) is 13.1 Å². The molecule has 7 heteroatoms. The fourth-order valence-corrected chi connectivity index (χ4v) is 3.16. The monoisotopic (exact) mass is 404 g/mol. The van der Waals surface area contributed by atoms with Crippen molar-refractivity contribution in [1.82, 2.24) is 15.3 Å². The molecule has 3 N–H and O–H groups in total. The summed E-state index contributed by atoms with van der Waals surface area (Å²) in [6.45, 7) is 0. The lowest BCUT2D eigenvalue weighted by Gasteiger charge is -2.19. The van der Waals surface area contributed by atoms with Crippen LogP contribution in [-0.2, 0) is 0 Å². The molecule has 0 saturated heterocycles. The van der Waals surface area contributed by atoms with E-state index in [1.165, 1.54) is 6.20 Å². The number of nitrogens with one attached hydrogen (secondary N) is 1. The molecule has 100 valence electrons. The molecule has 2 aromatic heterocycles. The van der Waals surface area contributed by atoms with Gasteiger partial charge in [0.15, 0.2) is 0 Å². The number of hydrogen-bond acceptors (Lipinski definition) is 4. The zero-order valence-corrected chi connectivity index (χ0v) is 13.9. The zero-order valence-electron chi connectivity index (χ0n) is 9.99. The quantitative estimate of drug-likeness (QED) is 0.818. The zero-order chi connectivity index (χ0) is 14.0. The molecule has 2 heterocycles. The van der Waals surface area contributed by atoms with Crippen LogP contribution in [0.2, 0.25) is 5.02 Å². The van der Waals surface area contributed by atoms with Gasteiger partial charge in [-0.3, -0.25) is 4.98 Å². The van der Waals surface area contributed by atoms with Crippen molar-refractivity contribution in [3.63, 3.8) is 0 Å². The SMILES string of the molecule is CNC(c1cc(Cl)cnc1N)c1ncc(Br)cc1Br. The maximum Gasteiger partial charge on any atom is 0.128 e. The summed E-state index contributed by atoms with van der Waals surface area (Å²) >= 11 is 12.9. The summed E-state index contributed by atoms with van der Waals surface area (Å²) in [6, 6.07) is 3.54. The number of nitrogens with zero attached hydrogens (tertiary/aromatic N) is 2. The summed E-state index contributed by atoms with van der Waals surface area (Å²) in [6.07, 6.45) is 3.26. The molecule has 0 aliphatic carbocycles. The van der Waals surface area contributed by atoms with Crippen molar-refractivity contribution >= 4 is 49.3 Å². The van der Waals surface area contributed by atoms with Gasteiger partial charge in [0, 0.05) is 26.9 Å². The first-order valence-electron chi connectivity index (χ1n) is 5.42. The largest absolute Gasteiger partial charge is 0.383 e. The summed E-state index contributed by atoms with van der Waals surface area (Å²) in [5.74, 6) is 0.431. The number of rotatable bonds is 3. The Bertz CT molecular complexity index is 606. The second-order valence-electron chi connectivity index (χ2n) is 3.87. The Morgan fingerprint density at radius 3 is 2.63 bits per heavy atom. The molecule has 2 rings (SSSR count). The molecular weight excluding hydrogens is 395 g/mol. The third-order valence-corrected chi connectivity index (χ3v) is 3.90. The highest BCUT2D eigenvalue weighted by atomic mass is 79.9. The maximum absolute atomic E-state index is 5.98. The number of aromatic nitrogens is 2. The molecule has 0 amide bonds. The van der Waals surface area contributed by atoms with E-state index in [2.05, 4.69) is 47.1 Å². The van der Waals surface area contributed by atoms with E-state index in [-0.39, 0.29) is 6.04 Å². The fraction of sp³-hybridized carbons (Fsp3) is 0.167. The van der Waals surface area contributed by atoms with E-state index >= 15 is 0 Å². The van der Waals surface area contributed by atoms with Crippen LogP contribution in [-0.4, -0.2) is 17.0 Å². The van der Waals surface area contributed by atoms with Crippen LogP contribution >= 0.6 is 43.5 Å². The molecule has 1 unspecified atom stereocenters. The minimum atomic E-state index is -0.186. The third-order valence-electron chi connectivity index (χ3n) is 2.63. The van der Waals surface area contributed by atoms with Gasteiger partial charge in [-0.1, -0.05) is 11.6 Å². The van der Waals surface area contributed by atoms with Crippen molar-refractivity contribution in [2.75, 3.05) is 12.8 Å². The van der Waals surface area contributed by atoms with Crippen molar-refractivity contribution in [3.05, 3.63) is 49.8 Å². The minimum absolute atomic E-state index is 0.186. The van der Waals surface area contributed by atoms with Gasteiger partial charge in [0.25, 0.3) is 0 Å². The van der Waals surface area contributed by atoms with E-state index in [0.717, 1.165) is 20.2 Å². The molecule has 2 aromatic rings. The van der Waals surface area contributed by atoms with Gasteiger partial charge in [-0.25, -0.2) is 4.98 Å². The second kappa shape index (κ2) is 6.17. The van der Waals surface area contributed by atoms with Gasteiger partial charge in [-0.15, -0.1) is 0 Å². The van der Waals surface area contributed by atoms with E-state index in [9.17, 15) is 0 Å². The molecular formula is C12H11Br2ClN4. The van der Waals surface area contributed by atoms with Gasteiger partial charge in [-0.2, -0.15) is 0 Å². The van der Waals surface area contributed by atoms with E-state index < -0.39 is 0 Å². The lowest BCUT2D eigenvalue weighted by molar-refractivity contribution is 0.667. The normalized spacial score (nSPS) is 12.4. The molecule has 0 radical (unpaired) electrons. The molecule has 0 spiro atoms. The van der Waals surface area contributed by atoms with Gasteiger partial charge < -0.3 is 11.1 Å². The van der Waals surface area contributed by atoms with Crippen LogP contribution in [0, 0.1) is 0 Å². The first-order valence-corrected chi connectivity index (χ1v) is 7.38. The number of anilines is 1. The summed E-state index contributed by atoms with van der Waals surface area (Å²) in [7, 11) is 1.83.